The molecule has 0 saturated heterocycles. The first-order chi connectivity index (χ1) is 12.0. The maximum Gasteiger partial charge on any atom is 0.217 e. The maximum atomic E-state index is 11.8. The lowest BCUT2D eigenvalue weighted by atomic mass is 9.92. The lowest BCUT2D eigenvalue weighted by molar-refractivity contribution is -0.119. The second-order valence-electron chi connectivity index (χ2n) is 5.78. The molecule has 3 aromatic rings. The van der Waals surface area contributed by atoms with Gasteiger partial charge >= 0.3 is 0 Å². The first-order valence-electron chi connectivity index (χ1n) is 7.86. The van der Waals surface area contributed by atoms with Gasteiger partial charge in [0.05, 0.1) is 13.2 Å². The molecule has 3 N–H and O–H groups in total. The molecule has 0 aliphatic rings. The maximum absolute atomic E-state index is 11.8. The molecule has 3 rings (SSSR count). The summed E-state index contributed by atoms with van der Waals surface area (Å²) in [6.45, 7) is 1.42. The van der Waals surface area contributed by atoms with Crippen LogP contribution in [0.5, 0.6) is 17.2 Å². The van der Waals surface area contributed by atoms with Crippen LogP contribution in [-0.2, 0) is 4.79 Å². The normalized spacial score (nSPS) is 11.9. The Morgan fingerprint density at radius 3 is 2.52 bits per heavy atom. The fourth-order valence-corrected chi connectivity index (χ4v) is 3.04. The number of carbonyl (C=O) groups excluding carboxylic acids is 1. The standard InChI is InChI=1S/C20H19NO4/c1-12(22)21-20(15-5-3-4-6-18(15)25-2)19-16-11-14(23)9-7-13(16)8-10-17(19)24/h3-11,20,23-24H,1-2H3,(H,21,22)/t20-/m1/s1. The van der Waals surface area contributed by atoms with Gasteiger partial charge in [0.2, 0.25) is 5.91 Å². The zero-order chi connectivity index (χ0) is 18.0. The minimum atomic E-state index is -0.626. The first-order valence-corrected chi connectivity index (χ1v) is 7.86. The van der Waals surface area contributed by atoms with Crippen LogP contribution in [0.25, 0.3) is 10.8 Å². The number of phenols is 2. The molecular weight excluding hydrogens is 318 g/mol. The van der Waals surface area contributed by atoms with Crippen LogP contribution in [-0.4, -0.2) is 23.2 Å². The number of nitrogens with one attached hydrogen (secondary N) is 1. The van der Waals surface area contributed by atoms with Crippen LogP contribution in [0.15, 0.2) is 54.6 Å². The van der Waals surface area contributed by atoms with Gasteiger partial charge in [0.15, 0.2) is 0 Å². The molecule has 0 heterocycles. The molecule has 0 unspecified atom stereocenters. The topological polar surface area (TPSA) is 78.8 Å². The third kappa shape index (κ3) is 3.21. The van der Waals surface area contributed by atoms with E-state index in [-0.39, 0.29) is 17.4 Å². The molecular formula is C20H19NO4. The van der Waals surface area contributed by atoms with Crippen molar-refractivity contribution in [1.29, 1.82) is 0 Å². The summed E-state index contributed by atoms with van der Waals surface area (Å²) in [4.78, 5) is 11.8. The van der Waals surface area contributed by atoms with Crippen LogP contribution in [0.1, 0.15) is 24.1 Å². The summed E-state index contributed by atoms with van der Waals surface area (Å²) in [7, 11) is 1.55. The summed E-state index contributed by atoms with van der Waals surface area (Å²) in [5, 5.41) is 24.8. The van der Waals surface area contributed by atoms with E-state index in [4.69, 9.17) is 4.74 Å². The molecule has 128 valence electrons. The highest BCUT2D eigenvalue weighted by molar-refractivity contribution is 5.90. The van der Waals surface area contributed by atoms with E-state index in [1.807, 2.05) is 18.2 Å². The van der Waals surface area contributed by atoms with Gasteiger partial charge in [-0.25, -0.2) is 0 Å². The molecule has 0 fully saturated rings. The summed E-state index contributed by atoms with van der Waals surface area (Å²) in [5.74, 6) is 0.467. The van der Waals surface area contributed by atoms with Crippen molar-refractivity contribution in [1.82, 2.24) is 5.32 Å². The smallest absolute Gasteiger partial charge is 0.217 e. The Kier molecular flexibility index (Phi) is 4.48. The summed E-state index contributed by atoms with van der Waals surface area (Å²) < 4.78 is 5.42. The second kappa shape index (κ2) is 6.73. The van der Waals surface area contributed by atoms with Crippen molar-refractivity contribution >= 4 is 16.7 Å². The molecule has 0 aromatic heterocycles. The van der Waals surface area contributed by atoms with E-state index >= 15 is 0 Å². The molecule has 0 saturated carbocycles. The van der Waals surface area contributed by atoms with Gasteiger partial charge in [-0.15, -0.1) is 0 Å². The van der Waals surface area contributed by atoms with Crippen molar-refractivity contribution in [2.24, 2.45) is 0 Å². The quantitative estimate of drug-likeness (QED) is 0.681. The van der Waals surface area contributed by atoms with Crippen molar-refractivity contribution in [3.8, 4) is 17.2 Å². The zero-order valence-corrected chi connectivity index (χ0v) is 14.0. The third-order valence-electron chi connectivity index (χ3n) is 4.11. The molecule has 5 nitrogen and oxygen atoms in total. The van der Waals surface area contributed by atoms with Crippen molar-refractivity contribution in [2.45, 2.75) is 13.0 Å². The van der Waals surface area contributed by atoms with E-state index < -0.39 is 6.04 Å². The van der Waals surface area contributed by atoms with Crippen LogP contribution < -0.4 is 10.1 Å². The number of methoxy groups -OCH3 is 1. The number of benzene rings is 3. The minimum absolute atomic E-state index is 0.0303. The number of fused-ring (bicyclic) bond motifs is 1. The van der Waals surface area contributed by atoms with Crippen LogP contribution in [0.4, 0.5) is 0 Å². The lowest BCUT2D eigenvalue weighted by Crippen LogP contribution is -2.27. The van der Waals surface area contributed by atoms with E-state index in [0.29, 0.717) is 22.3 Å². The van der Waals surface area contributed by atoms with Gasteiger partial charge in [0, 0.05) is 18.1 Å². The van der Waals surface area contributed by atoms with Crippen LogP contribution in [0, 0.1) is 0 Å². The van der Waals surface area contributed by atoms with Gasteiger partial charge in [0.25, 0.3) is 0 Å². The van der Waals surface area contributed by atoms with Crippen LogP contribution in [0.3, 0.4) is 0 Å². The largest absolute Gasteiger partial charge is 0.508 e. The highest BCUT2D eigenvalue weighted by atomic mass is 16.5. The van der Waals surface area contributed by atoms with Crippen LogP contribution >= 0.6 is 0 Å². The molecule has 5 heteroatoms. The Hall–Kier alpha value is -3.21. The summed E-state index contributed by atoms with van der Waals surface area (Å²) >= 11 is 0. The SMILES string of the molecule is COc1ccccc1[C@@H](NC(C)=O)c1c(O)ccc2ccc(O)cc12. The fourth-order valence-electron chi connectivity index (χ4n) is 3.04. The number of hydrogen-bond donors (Lipinski definition) is 3. The Morgan fingerprint density at radius 1 is 1.08 bits per heavy atom. The first kappa shape index (κ1) is 16.6. The van der Waals surface area contributed by atoms with Gasteiger partial charge in [0.1, 0.15) is 17.2 Å². The monoisotopic (exact) mass is 337 g/mol. The molecule has 0 aliphatic carbocycles. The lowest BCUT2D eigenvalue weighted by Gasteiger charge is -2.23. The Balaban J connectivity index is 2.31. The highest BCUT2D eigenvalue weighted by Gasteiger charge is 2.24. The second-order valence-corrected chi connectivity index (χ2v) is 5.78. The number of hydrogen-bond acceptors (Lipinski definition) is 4. The summed E-state index contributed by atoms with van der Waals surface area (Å²) in [6.07, 6.45) is 0. The van der Waals surface area contributed by atoms with Gasteiger partial charge in [-0.1, -0.05) is 30.3 Å². The Labute approximate surface area is 145 Å². The number of carbonyl (C=O) groups is 1. The molecule has 1 atom stereocenters. The molecule has 3 aromatic carbocycles. The van der Waals surface area contributed by atoms with Crippen molar-refractivity contribution < 1.29 is 19.7 Å². The van der Waals surface area contributed by atoms with Crippen molar-refractivity contribution in [3.05, 3.63) is 65.7 Å². The number of amides is 1. The average molecular weight is 337 g/mol. The van der Waals surface area contributed by atoms with Crippen molar-refractivity contribution in [3.63, 3.8) is 0 Å². The molecule has 25 heavy (non-hydrogen) atoms. The Morgan fingerprint density at radius 2 is 1.80 bits per heavy atom. The van der Waals surface area contributed by atoms with Crippen LogP contribution in [0.2, 0.25) is 0 Å². The van der Waals surface area contributed by atoms with E-state index in [9.17, 15) is 15.0 Å². The molecule has 1 amide bonds. The number of aromatic hydroxyl groups is 2. The minimum Gasteiger partial charge on any atom is -0.508 e. The van der Waals surface area contributed by atoms with E-state index in [0.717, 1.165) is 5.39 Å². The zero-order valence-electron chi connectivity index (χ0n) is 14.0. The molecule has 0 radical (unpaired) electrons. The predicted molar refractivity (Wildman–Crippen MR) is 95.9 cm³/mol. The third-order valence-corrected chi connectivity index (χ3v) is 4.11. The molecule has 0 aliphatic heterocycles. The molecule has 0 bridgehead atoms. The number of phenolic OH excluding ortho intramolecular Hbond substituents is 2. The van der Waals surface area contributed by atoms with E-state index in [1.165, 1.54) is 6.92 Å². The molecule has 0 spiro atoms. The van der Waals surface area contributed by atoms with Gasteiger partial charge in [-0.2, -0.15) is 0 Å². The van der Waals surface area contributed by atoms with Gasteiger partial charge in [-0.3, -0.25) is 4.79 Å². The summed E-state index contributed by atoms with van der Waals surface area (Å²) in [5.41, 5.74) is 1.22. The van der Waals surface area contributed by atoms with Crippen molar-refractivity contribution in [2.75, 3.05) is 7.11 Å². The summed E-state index contributed by atoms with van der Waals surface area (Å²) in [6, 6.07) is 15.0. The predicted octanol–water partition coefficient (Wildman–Crippen LogP) is 3.49. The average Bonchev–Trinajstić information content (AvgIpc) is 2.60. The number of ether oxygens (including phenoxy) is 1. The number of rotatable bonds is 4. The van der Waals surface area contributed by atoms with E-state index in [2.05, 4.69) is 5.32 Å². The number of para-hydroxylation sites is 1. The Bertz CT molecular complexity index is 931. The van der Waals surface area contributed by atoms with E-state index in [1.54, 1.807) is 43.5 Å². The highest BCUT2D eigenvalue weighted by Crippen LogP contribution is 2.39. The fraction of sp³-hybridized carbons (Fsp3) is 0.150. The van der Waals surface area contributed by atoms with Gasteiger partial charge < -0.3 is 20.3 Å². The van der Waals surface area contributed by atoms with Gasteiger partial charge in [-0.05, 0) is 35.0 Å².